The van der Waals surface area contributed by atoms with Gasteiger partial charge in [0.1, 0.15) is 0 Å². The Kier molecular flexibility index (Phi) is 2.30. The number of nitrogens with zero attached hydrogens (tertiary/aromatic N) is 1. The fraction of sp³-hybridized carbons (Fsp3) is 0.125. The maximum absolute atomic E-state index is 6.60. The highest BCUT2D eigenvalue weighted by Gasteiger charge is 1.98. The zero-order valence-electron chi connectivity index (χ0n) is 5.34. The first-order valence-corrected chi connectivity index (χ1v) is 3.29. The Morgan fingerprint density at radius 2 is 2.10 bits per heavy atom. The fourth-order valence-corrected chi connectivity index (χ4v) is 0.907. The summed E-state index contributed by atoms with van der Waals surface area (Å²) in [6.45, 7) is 6.98. The van der Waals surface area contributed by atoms with E-state index in [2.05, 4.69) is 4.85 Å². The molecule has 2 heteroatoms. The molecular formula is C8H6ClN. The molecule has 0 fully saturated rings. The Morgan fingerprint density at radius 1 is 1.40 bits per heavy atom. The van der Waals surface area contributed by atoms with Gasteiger partial charge in [-0.05, 0) is 6.07 Å². The normalized spacial score (nSPS) is 8.80. The van der Waals surface area contributed by atoms with Gasteiger partial charge in [-0.1, -0.05) is 29.8 Å². The third-order valence-electron chi connectivity index (χ3n) is 1.21. The molecular weight excluding hydrogens is 146 g/mol. The van der Waals surface area contributed by atoms with Crippen LogP contribution in [0.3, 0.4) is 0 Å². The minimum absolute atomic E-state index is 0.375. The van der Waals surface area contributed by atoms with Gasteiger partial charge in [-0.25, -0.2) is 6.57 Å². The van der Waals surface area contributed by atoms with Gasteiger partial charge < -0.3 is 4.85 Å². The lowest BCUT2D eigenvalue weighted by molar-refractivity contribution is 1.27. The van der Waals surface area contributed by atoms with Crippen LogP contribution in [-0.4, -0.2) is 0 Å². The first kappa shape index (κ1) is 7.11. The Labute approximate surface area is 65.1 Å². The van der Waals surface area contributed by atoms with Crippen molar-refractivity contribution in [1.82, 2.24) is 0 Å². The second kappa shape index (κ2) is 3.24. The second-order valence-corrected chi connectivity index (χ2v) is 2.31. The standard InChI is InChI=1S/C8H6ClN/c1-10-6-7-4-2-3-5-8(7)9/h2-5H,6H2. The lowest BCUT2D eigenvalue weighted by Crippen LogP contribution is -1.78. The van der Waals surface area contributed by atoms with Crippen LogP contribution < -0.4 is 0 Å². The topological polar surface area (TPSA) is 4.36 Å². The lowest BCUT2D eigenvalue weighted by Gasteiger charge is -1.92. The van der Waals surface area contributed by atoms with Crippen molar-refractivity contribution in [3.8, 4) is 0 Å². The van der Waals surface area contributed by atoms with E-state index in [0.717, 1.165) is 5.56 Å². The third-order valence-corrected chi connectivity index (χ3v) is 1.58. The van der Waals surface area contributed by atoms with Crippen molar-refractivity contribution in [2.24, 2.45) is 0 Å². The average molecular weight is 152 g/mol. The Morgan fingerprint density at radius 3 is 2.70 bits per heavy atom. The Balaban J connectivity index is 2.94. The molecule has 0 bridgehead atoms. The van der Waals surface area contributed by atoms with Gasteiger partial charge in [-0.15, -0.1) is 0 Å². The maximum Gasteiger partial charge on any atom is 0.241 e. The fourth-order valence-electron chi connectivity index (χ4n) is 0.712. The summed E-state index contributed by atoms with van der Waals surface area (Å²) < 4.78 is 0. The smallest absolute Gasteiger partial charge is 0.241 e. The van der Waals surface area contributed by atoms with Gasteiger partial charge >= 0.3 is 0 Å². The summed E-state index contributed by atoms with van der Waals surface area (Å²) >= 11 is 5.76. The number of hydrogen-bond acceptors (Lipinski definition) is 0. The van der Waals surface area contributed by atoms with E-state index in [1.807, 2.05) is 18.2 Å². The number of benzene rings is 1. The molecule has 0 amide bonds. The molecule has 1 aromatic rings. The van der Waals surface area contributed by atoms with Crippen LogP contribution in [0.1, 0.15) is 5.56 Å². The van der Waals surface area contributed by atoms with Crippen molar-refractivity contribution in [2.75, 3.05) is 0 Å². The van der Waals surface area contributed by atoms with Crippen LogP contribution in [0.4, 0.5) is 0 Å². The first-order valence-electron chi connectivity index (χ1n) is 2.91. The quantitative estimate of drug-likeness (QED) is 0.544. The Hall–Kier alpha value is -1.00. The molecule has 0 atom stereocenters. The van der Waals surface area contributed by atoms with Gasteiger partial charge in [0, 0.05) is 5.56 Å². The van der Waals surface area contributed by atoms with Crippen LogP contribution in [-0.2, 0) is 6.54 Å². The minimum atomic E-state index is 0.375. The molecule has 1 rings (SSSR count). The van der Waals surface area contributed by atoms with E-state index < -0.39 is 0 Å². The highest BCUT2D eigenvalue weighted by Crippen LogP contribution is 2.15. The SMILES string of the molecule is [C-]#[N+]Cc1ccccc1Cl. The van der Waals surface area contributed by atoms with Crippen LogP contribution in [0.5, 0.6) is 0 Å². The zero-order chi connectivity index (χ0) is 7.40. The molecule has 0 saturated heterocycles. The summed E-state index contributed by atoms with van der Waals surface area (Å²) in [7, 11) is 0. The van der Waals surface area contributed by atoms with Gasteiger partial charge in [0.15, 0.2) is 0 Å². The molecule has 0 unspecified atom stereocenters. The molecule has 1 nitrogen and oxygen atoms in total. The van der Waals surface area contributed by atoms with E-state index in [1.165, 1.54) is 0 Å². The Bertz CT molecular complexity index is 262. The van der Waals surface area contributed by atoms with Crippen LogP contribution >= 0.6 is 11.6 Å². The lowest BCUT2D eigenvalue weighted by atomic mass is 10.2. The van der Waals surface area contributed by atoms with Gasteiger partial charge in [0.05, 0.1) is 5.02 Å². The average Bonchev–Trinajstić information content (AvgIpc) is 1.94. The van der Waals surface area contributed by atoms with E-state index in [1.54, 1.807) is 6.07 Å². The van der Waals surface area contributed by atoms with Crippen molar-refractivity contribution >= 4 is 11.6 Å². The summed E-state index contributed by atoms with van der Waals surface area (Å²) in [5.74, 6) is 0. The van der Waals surface area contributed by atoms with Crippen LogP contribution in [0.2, 0.25) is 5.02 Å². The van der Waals surface area contributed by atoms with Crippen molar-refractivity contribution in [2.45, 2.75) is 6.54 Å². The molecule has 10 heavy (non-hydrogen) atoms. The summed E-state index contributed by atoms with van der Waals surface area (Å²) in [5, 5.41) is 0.679. The maximum atomic E-state index is 6.60. The predicted octanol–water partition coefficient (Wildman–Crippen LogP) is 2.76. The molecule has 0 radical (unpaired) electrons. The molecule has 0 aromatic heterocycles. The van der Waals surface area contributed by atoms with E-state index in [9.17, 15) is 0 Å². The first-order chi connectivity index (χ1) is 4.84. The summed E-state index contributed by atoms with van der Waals surface area (Å²) in [6.07, 6.45) is 0. The largest absolute Gasteiger partial charge is 0.312 e. The van der Waals surface area contributed by atoms with Gasteiger partial charge in [-0.2, -0.15) is 0 Å². The monoisotopic (exact) mass is 151 g/mol. The van der Waals surface area contributed by atoms with Gasteiger partial charge in [0.25, 0.3) is 0 Å². The highest BCUT2D eigenvalue weighted by molar-refractivity contribution is 6.31. The number of hydrogen-bond donors (Lipinski definition) is 0. The third kappa shape index (κ3) is 1.49. The number of halogens is 1. The van der Waals surface area contributed by atoms with E-state index >= 15 is 0 Å². The molecule has 0 aliphatic carbocycles. The van der Waals surface area contributed by atoms with Crippen LogP contribution in [0.15, 0.2) is 24.3 Å². The molecule has 0 N–H and O–H groups in total. The zero-order valence-corrected chi connectivity index (χ0v) is 6.10. The second-order valence-electron chi connectivity index (χ2n) is 1.91. The molecule has 0 aliphatic rings. The molecule has 1 aromatic carbocycles. The van der Waals surface area contributed by atoms with Gasteiger partial charge in [-0.3, -0.25) is 0 Å². The van der Waals surface area contributed by atoms with E-state index in [4.69, 9.17) is 18.2 Å². The number of rotatable bonds is 1. The van der Waals surface area contributed by atoms with Gasteiger partial charge in [0.2, 0.25) is 6.54 Å². The van der Waals surface area contributed by atoms with E-state index in [0.29, 0.717) is 11.6 Å². The molecule has 0 aliphatic heterocycles. The summed E-state index contributed by atoms with van der Waals surface area (Å²) in [5.41, 5.74) is 0.902. The molecule has 0 saturated carbocycles. The molecule has 0 heterocycles. The van der Waals surface area contributed by atoms with Crippen molar-refractivity contribution < 1.29 is 0 Å². The van der Waals surface area contributed by atoms with Crippen molar-refractivity contribution in [1.29, 1.82) is 0 Å². The summed E-state index contributed by atoms with van der Waals surface area (Å²) in [4.78, 5) is 3.23. The molecule has 50 valence electrons. The van der Waals surface area contributed by atoms with Crippen LogP contribution in [0, 0.1) is 6.57 Å². The molecule has 0 spiro atoms. The highest BCUT2D eigenvalue weighted by atomic mass is 35.5. The van der Waals surface area contributed by atoms with E-state index in [-0.39, 0.29) is 0 Å². The van der Waals surface area contributed by atoms with Crippen LogP contribution in [0.25, 0.3) is 4.85 Å². The predicted molar refractivity (Wildman–Crippen MR) is 41.8 cm³/mol. The minimum Gasteiger partial charge on any atom is -0.312 e. The van der Waals surface area contributed by atoms with Crippen molar-refractivity contribution in [3.63, 3.8) is 0 Å². The van der Waals surface area contributed by atoms with Crippen molar-refractivity contribution in [3.05, 3.63) is 46.3 Å². The summed E-state index contributed by atoms with van der Waals surface area (Å²) in [6, 6.07) is 7.39.